The van der Waals surface area contributed by atoms with E-state index in [4.69, 9.17) is 0 Å². The fourth-order valence-electron chi connectivity index (χ4n) is 3.11. The molecule has 1 atom stereocenters. The third-order valence-corrected chi connectivity index (χ3v) is 6.39. The second-order valence-electron chi connectivity index (χ2n) is 5.41. The van der Waals surface area contributed by atoms with Crippen LogP contribution >= 0.6 is 23.1 Å². The zero-order valence-corrected chi connectivity index (χ0v) is 12.5. The summed E-state index contributed by atoms with van der Waals surface area (Å²) in [6, 6.07) is 11.2. The summed E-state index contributed by atoms with van der Waals surface area (Å²) >= 11 is 4.00. The van der Waals surface area contributed by atoms with Gasteiger partial charge in [0.1, 0.15) is 0 Å². The van der Waals surface area contributed by atoms with Crippen molar-refractivity contribution in [1.82, 2.24) is 4.90 Å². The van der Waals surface area contributed by atoms with Crippen LogP contribution in [0, 0.1) is 0 Å². The molecule has 4 rings (SSSR count). The van der Waals surface area contributed by atoms with Gasteiger partial charge in [-0.25, -0.2) is 0 Å². The number of rotatable bonds is 2. The Kier molecular flexibility index (Phi) is 3.14. The molecular formula is C16H17NS2. The summed E-state index contributed by atoms with van der Waals surface area (Å²) in [6.07, 6.45) is 2.49. The topological polar surface area (TPSA) is 3.24 Å². The highest BCUT2D eigenvalue weighted by atomic mass is 32.2. The fourth-order valence-corrected chi connectivity index (χ4v) is 5.36. The molecule has 0 saturated heterocycles. The van der Waals surface area contributed by atoms with Crippen molar-refractivity contribution in [2.75, 3.05) is 13.1 Å². The van der Waals surface area contributed by atoms with Crippen molar-refractivity contribution in [1.29, 1.82) is 0 Å². The summed E-state index contributed by atoms with van der Waals surface area (Å²) in [5, 5.41) is 2.99. The van der Waals surface area contributed by atoms with Crippen molar-refractivity contribution in [3.63, 3.8) is 0 Å². The van der Waals surface area contributed by atoms with Gasteiger partial charge < -0.3 is 0 Å². The highest BCUT2D eigenvalue weighted by Gasteiger charge is 2.25. The second kappa shape index (κ2) is 4.97. The van der Waals surface area contributed by atoms with E-state index < -0.39 is 0 Å². The molecule has 2 aliphatic heterocycles. The largest absolute Gasteiger partial charge is 0.298 e. The molecule has 19 heavy (non-hydrogen) atoms. The maximum Gasteiger partial charge on any atom is 0.0263 e. The summed E-state index contributed by atoms with van der Waals surface area (Å²) in [6.45, 7) is 3.63. The molecule has 3 heterocycles. The van der Waals surface area contributed by atoms with Gasteiger partial charge in [-0.05, 0) is 41.5 Å². The first-order valence-electron chi connectivity index (χ1n) is 6.90. The number of fused-ring (bicyclic) bond motifs is 2. The van der Waals surface area contributed by atoms with Gasteiger partial charge in [0, 0.05) is 34.7 Å². The lowest BCUT2D eigenvalue weighted by Gasteiger charge is -2.28. The van der Waals surface area contributed by atoms with E-state index in [0.717, 1.165) is 11.8 Å². The van der Waals surface area contributed by atoms with Crippen molar-refractivity contribution < 1.29 is 0 Å². The average Bonchev–Trinajstić information content (AvgIpc) is 3.03. The lowest BCUT2D eigenvalue weighted by atomic mass is 10.1. The maximum absolute atomic E-state index is 2.64. The Morgan fingerprint density at radius 1 is 1.16 bits per heavy atom. The molecule has 2 aromatic rings. The van der Waals surface area contributed by atoms with Crippen LogP contribution in [0.5, 0.6) is 0 Å². The van der Waals surface area contributed by atoms with Crippen LogP contribution in [0.1, 0.15) is 16.0 Å². The minimum absolute atomic E-state index is 0.748. The molecule has 2 aliphatic rings. The zero-order chi connectivity index (χ0) is 12.7. The van der Waals surface area contributed by atoms with E-state index in [1.807, 2.05) is 11.3 Å². The molecule has 0 spiro atoms. The predicted octanol–water partition coefficient (Wildman–Crippen LogP) is 3.82. The minimum Gasteiger partial charge on any atom is -0.298 e. The highest BCUT2D eigenvalue weighted by Crippen LogP contribution is 2.37. The number of hydrogen-bond donors (Lipinski definition) is 0. The molecule has 0 saturated carbocycles. The van der Waals surface area contributed by atoms with Crippen LogP contribution in [0.25, 0.3) is 0 Å². The van der Waals surface area contributed by atoms with Gasteiger partial charge in [-0.3, -0.25) is 4.90 Å². The molecule has 1 unspecified atom stereocenters. The number of thioether (sulfide) groups is 1. The van der Waals surface area contributed by atoms with Crippen molar-refractivity contribution >= 4 is 23.1 Å². The summed E-state index contributed by atoms with van der Waals surface area (Å²) in [7, 11) is 0. The number of benzene rings is 1. The van der Waals surface area contributed by atoms with Crippen LogP contribution < -0.4 is 0 Å². The van der Waals surface area contributed by atoms with Gasteiger partial charge in [-0.15, -0.1) is 23.1 Å². The summed E-state index contributed by atoms with van der Waals surface area (Å²) < 4.78 is 0. The molecule has 0 bridgehead atoms. The van der Waals surface area contributed by atoms with Crippen molar-refractivity contribution in [3.8, 4) is 0 Å². The molecule has 0 radical (unpaired) electrons. The summed E-state index contributed by atoms with van der Waals surface area (Å²) in [4.78, 5) is 5.75. The maximum atomic E-state index is 2.64. The zero-order valence-electron chi connectivity index (χ0n) is 10.8. The number of hydrogen-bond acceptors (Lipinski definition) is 3. The highest BCUT2D eigenvalue weighted by molar-refractivity contribution is 8.00. The van der Waals surface area contributed by atoms with Crippen LogP contribution in [0.4, 0.5) is 0 Å². The first kappa shape index (κ1) is 12.0. The normalized spacial score (nSPS) is 22.2. The molecule has 3 heteroatoms. The number of thiophene rings is 1. The van der Waals surface area contributed by atoms with Crippen LogP contribution in [-0.2, 0) is 19.4 Å². The van der Waals surface area contributed by atoms with E-state index in [0.29, 0.717) is 0 Å². The van der Waals surface area contributed by atoms with E-state index in [1.165, 1.54) is 30.8 Å². The van der Waals surface area contributed by atoms with Crippen molar-refractivity contribution in [2.24, 2.45) is 0 Å². The molecule has 1 aromatic carbocycles. The smallest absolute Gasteiger partial charge is 0.0263 e. The third-order valence-electron chi connectivity index (χ3n) is 4.06. The van der Waals surface area contributed by atoms with Crippen LogP contribution in [-0.4, -0.2) is 23.2 Å². The Morgan fingerprint density at radius 2 is 2.11 bits per heavy atom. The average molecular weight is 287 g/mol. The van der Waals surface area contributed by atoms with Gasteiger partial charge >= 0.3 is 0 Å². The molecule has 0 N–H and O–H groups in total. The van der Waals surface area contributed by atoms with Crippen molar-refractivity contribution in [3.05, 3.63) is 51.7 Å². The Balaban J connectivity index is 1.42. The van der Waals surface area contributed by atoms with Gasteiger partial charge in [0.2, 0.25) is 0 Å². The molecule has 0 aliphatic carbocycles. The van der Waals surface area contributed by atoms with E-state index in [9.17, 15) is 0 Å². The van der Waals surface area contributed by atoms with Crippen LogP contribution in [0.2, 0.25) is 0 Å². The second-order valence-corrected chi connectivity index (χ2v) is 7.75. The van der Waals surface area contributed by atoms with Crippen LogP contribution in [0.15, 0.2) is 40.6 Å². The quantitative estimate of drug-likeness (QED) is 0.826. The van der Waals surface area contributed by atoms with Gasteiger partial charge in [-0.2, -0.15) is 0 Å². The molecule has 1 aromatic heterocycles. The lowest BCUT2D eigenvalue weighted by Crippen LogP contribution is -2.35. The SMILES string of the molecule is c1ccc2c(c1)CC(CN1CCc3sccc3C1)S2. The van der Waals surface area contributed by atoms with Gasteiger partial charge in [0.05, 0.1) is 0 Å². The Bertz CT molecular complexity index is 565. The van der Waals surface area contributed by atoms with Crippen molar-refractivity contribution in [2.45, 2.75) is 29.5 Å². The van der Waals surface area contributed by atoms with Gasteiger partial charge in [0.25, 0.3) is 0 Å². The van der Waals surface area contributed by atoms with E-state index >= 15 is 0 Å². The standard InChI is InChI=1S/C16H17NS2/c1-2-4-16-12(3-1)9-14(19-16)11-17-7-5-15-13(10-17)6-8-18-15/h1-4,6,8,14H,5,7,9-11H2. The molecular weight excluding hydrogens is 270 g/mol. The molecule has 1 nitrogen and oxygen atoms in total. The lowest BCUT2D eigenvalue weighted by molar-refractivity contribution is 0.257. The fraction of sp³-hybridized carbons (Fsp3) is 0.375. The molecule has 0 amide bonds. The minimum atomic E-state index is 0.748. The Morgan fingerprint density at radius 3 is 3.05 bits per heavy atom. The molecule has 0 fully saturated rings. The first-order valence-corrected chi connectivity index (χ1v) is 8.66. The predicted molar refractivity (Wildman–Crippen MR) is 83.1 cm³/mol. The van der Waals surface area contributed by atoms with Gasteiger partial charge in [-0.1, -0.05) is 18.2 Å². The van der Waals surface area contributed by atoms with E-state index in [1.54, 1.807) is 16.0 Å². The van der Waals surface area contributed by atoms with E-state index in [2.05, 4.69) is 52.4 Å². The molecule has 98 valence electrons. The van der Waals surface area contributed by atoms with E-state index in [-0.39, 0.29) is 0 Å². The Labute approximate surface area is 122 Å². The third kappa shape index (κ3) is 2.35. The number of nitrogens with zero attached hydrogens (tertiary/aromatic N) is 1. The monoisotopic (exact) mass is 287 g/mol. The summed E-state index contributed by atoms with van der Waals surface area (Å²) in [5.74, 6) is 0. The Hall–Kier alpha value is -0.770. The van der Waals surface area contributed by atoms with Gasteiger partial charge in [0.15, 0.2) is 0 Å². The first-order chi connectivity index (χ1) is 9.38. The van der Waals surface area contributed by atoms with Crippen LogP contribution in [0.3, 0.4) is 0 Å². The summed E-state index contributed by atoms with van der Waals surface area (Å²) in [5.41, 5.74) is 3.11.